The summed E-state index contributed by atoms with van der Waals surface area (Å²) in [6.07, 6.45) is 0. The van der Waals surface area contributed by atoms with Crippen molar-refractivity contribution in [1.82, 2.24) is 20.2 Å². The van der Waals surface area contributed by atoms with Gasteiger partial charge in [0.15, 0.2) is 0 Å². The number of rotatable bonds is 6. The number of carbonyl (C=O) groups excluding carboxylic acids is 1. The van der Waals surface area contributed by atoms with Gasteiger partial charge in [-0.05, 0) is 41.6 Å². The highest BCUT2D eigenvalue weighted by atomic mass is 32.2. The van der Waals surface area contributed by atoms with Gasteiger partial charge in [0.25, 0.3) is 0 Å². The van der Waals surface area contributed by atoms with Gasteiger partial charge in [-0.15, -0.1) is 5.10 Å². The van der Waals surface area contributed by atoms with Gasteiger partial charge >= 0.3 is 5.97 Å². The largest absolute Gasteiger partial charge is 0.461 e. The smallest absolute Gasteiger partial charge is 0.338 e. The summed E-state index contributed by atoms with van der Waals surface area (Å²) >= 11 is 1.44. The number of ether oxygens (including phenoxy) is 1. The first-order valence-electron chi connectivity index (χ1n) is 7.44. The summed E-state index contributed by atoms with van der Waals surface area (Å²) in [5.74, 6) is 0.250. The van der Waals surface area contributed by atoms with E-state index in [1.54, 1.807) is 28.9 Å². The Bertz CT molecular complexity index is 803. The normalized spacial score (nSPS) is 10.5. The molecular formula is C17H16N4O2S. The minimum atomic E-state index is -0.325. The van der Waals surface area contributed by atoms with Crippen LogP contribution >= 0.6 is 11.8 Å². The van der Waals surface area contributed by atoms with E-state index in [9.17, 15) is 4.79 Å². The highest BCUT2D eigenvalue weighted by Crippen LogP contribution is 2.18. The number of aryl methyl sites for hydroxylation is 1. The number of aromatic nitrogens is 4. The Morgan fingerprint density at radius 2 is 1.88 bits per heavy atom. The number of carbonyl (C=O) groups is 1. The van der Waals surface area contributed by atoms with E-state index in [1.165, 1.54) is 17.3 Å². The lowest BCUT2D eigenvalue weighted by Gasteiger charge is -2.06. The molecule has 7 heteroatoms. The maximum atomic E-state index is 11.8. The number of hydrogen-bond donors (Lipinski definition) is 0. The Hall–Kier alpha value is -2.67. The first kappa shape index (κ1) is 16.2. The summed E-state index contributed by atoms with van der Waals surface area (Å²) in [6.45, 7) is 2.32. The van der Waals surface area contributed by atoms with E-state index in [0.717, 1.165) is 5.69 Å². The molecule has 0 radical (unpaired) electrons. The van der Waals surface area contributed by atoms with Crippen molar-refractivity contribution in [2.75, 3.05) is 12.4 Å². The molecule has 0 fully saturated rings. The number of benzene rings is 2. The number of hydrogen-bond acceptors (Lipinski definition) is 6. The number of thioether (sulfide) groups is 1. The van der Waals surface area contributed by atoms with E-state index in [2.05, 4.69) is 15.5 Å². The van der Waals surface area contributed by atoms with Gasteiger partial charge in [-0.1, -0.05) is 47.7 Å². The molecule has 0 amide bonds. The highest BCUT2D eigenvalue weighted by molar-refractivity contribution is 7.99. The van der Waals surface area contributed by atoms with E-state index in [1.807, 2.05) is 37.3 Å². The third-order valence-electron chi connectivity index (χ3n) is 3.28. The predicted molar refractivity (Wildman–Crippen MR) is 91.3 cm³/mol. The molecule has 0 spiro atoms. The van der Waals surface area contributed by atoms with Crippen LogP contribution in [0.2, 0.25) is 0 Å². The van der Waals surface area contributed by atoms with Gasteiger partial charge in [-0.2, -0.15) is 4.68 Å². The van der Waals surface area contributed by atoms with Crippen molar-refractivity contribution in [1.29, 1.82) is 0 Å². The fourth-order valence-corrected chi connectivity index (χ4v) is 2.75. The second kappa shape index (κ2) is 7.74. The Morgan fingerprint density at radius 3 is 2.62 bits per heavy atom. The molecule has 1 aromatic heterocycles. The Balaban J connectivity index is 1.54. The molecule has 122 valence electrons. The van der Waals surface area contributed by atoms with Crippen LogP contribution in [0.4, 0.5) is 0 Å². The molecular weight excluding hydrogens is 324 g/mol. The summed E-state index contributed by atoms with van der Waals surface area (Å²) in [5, 5.41) is 12.4. The van der Waals surface area contributed by atoms with Gasteiger partial charge in [-0.3, -0.25) is 0 Å². The number of tetrazole rings is 1. The molecule has 0 atom stereocenters. The molecule has 0 bridgehead atoms. The first-order valence-corrected chi connectivity index (χ1v) is 8.43. The van der Waals surface area contributed by atoms with Crippen LogP contribution in [0.3, 0.4) is 0 Å². The predicted octanol–water partition coefficient (Wildman–Crippen LogP) is 2.92. The van der Waals surface area contributed by atoms with E-state index < -0.39 is 0 Å². The molecule has 0 saturated carbocycles. The molecule has 24 heavy (non-hydrogen) atoms. The van der Waals surface area contributed by atoms with E-state index in [0.29, 0.717) is 23.1 Å². The first-order chi connectivity index (χ1) is 11.7. The van der Waals surface area contributed by atoms with Crippen molar-refractivity contribution in [3.05, 3.63) is 65.7 Å². The summed E-state index contributed by atoms with van der Waals surface area (Å²) in [4.78, 5) is 11.8. The van der Waals surface area contributed by atoms with Crippen LogP contribution in [0.25, 0.3) is 5.69 Å². The molecule has 0 aliphatic heterocycles. The van der Waals surface area contributed by atoms with Crippen LogP contribution in [-0.2, 0) is 4.74 Å². The lowest BCUT2D eigenvalue weighted by molar-refractivity contribution is 0.0530. The zero-order chi connectivity index (χ0) is 16.8. The molecule has 6 nitrogen and oxygen atoms in total. The van der Waals surface area contributed by atoms with Gasteiger partial charge in [-0.25, -0.2) is 4.79 Å². The maximum absolute atomic E-state index is 11.8. The number of esters is 1. The summed E-state index contributed by atoms with van der Waals surface area (Å²) < 4.78 is 6.92. The third kappa shape index (κ3) is 3.99. The van der Waals surface area contributed by atoms with Crippen molar-refractivity contribution in [3.63, 3.8) is 0 Å². The Kier molecular flexibility index (Phi) is 5.22. The fraction of sp³-hybridized carbons (Fsp3) is 0.176. The minimum absolute atomic E-state index is 0.291. The fourth-order valence-electron chi connectivity index (χ4n) is 2.04. The van der Waals surface area contributed by atoms with Crippen LogP contribution < -0.4 is 0 Å². The SMILES string of the molecule is Cc1ccc(-n2nnnc2SCCOC(=O)c2ccccc2)cc1. The topological polar surface area (TPSA) is 69.9 Å². The van der Waals surface area contributed by atoms with Crippen LogP contribution in [0.5, 0.6) is 0 Å². The molecule has 3 aromatic rings. The third-order valence-corrected chi connectivity index (χ3v) is 4.16. The van der Waals surface area contributed by atoms with Crippen LogP contribution in [0.1, 0.15) is 15.9 Å². The zero-order valence-corrected chi connectivity index (χ0v) is 13.9. The second-order valence-corrected chi connectivity index (χ2v) is 6.12. The quantitative estimate of drug-likeness (QED) is 0.390. The number of nitrogens with zero attached hydrogens (tertiary/aromatic N) is 4. The summed E-state index contributed by atoms with van der Waals surface area (Å²) in [7, 11) is 0. The van der Waals surface area contributed by atoms with Crippen molar-refractivity contribution in [2.45, 2.75) is 12.1 Å². The molecule has 0 saturated heterocycles. The van der Waals surface area contributed by atoms with Gasteiger partial charge in [0.1, 0.15) is 6.61 Å². The molecule has 3 rings (SSSR count). The van der Waals surface area contributed by atoms with E-state index >= 15 is 0 Å². The summed E-state index contributed by atoms with van der Waals surface area (Å²) in [6, 6.07) is 16.9. The standard InChI is InChI=1S/C17H16N4O2S/c1-13-7-9-15(10-8-13)21-17(18-19-20-21)24-12-11-23-16(22)14-5-3-2-4-6-14/h2-10H,11-12H2,1H3. The van der Waals surface area contributed by atoms with Crippen molar-refractivity contribution in [2.24, 2.45) is 0 Å². The van der Waals surface area contributed by atoms with Gasteiger partial charge in [0.2, 0.25) is 5.16 Å². The molecule has 0 N–H and O–H groups in total. The lowest BCUT2D eigenvalue weighted by Crippen LogP contribution is -2.08. The van der Waals surface area contributed by atoms with Crippen molar-refractivity contribution < 1.29 is 9.53 Å². The zero-order valence-electron chi connectivity index (χ0n) is 13.1. The summed E-state index contributed by atoms with van der Waals surface area (Å²) in [5.41, 5.74) is 2.62. The second-order valence-electron chi connectivity index (χ2n) is 5.06. The molecule has 0 unspecified atom stereocenters. The van der Waals surface area contributed by atoms with Crippen LogP contribution in [-0.4, -0.2) is 38.5 Å². The molecule has 1 heterocycles. The van der Waals surface area contributed by atoms with E-state index in [-0.39, 0.29) is 5.97 Å². The highest BCUT2D eigenvalue weighted by Gasteiger charge is 2.10. The van der Waals surface area contributed by atoms with Crippen LogP contribution in [0, 0.1) is 6.92 Å². The molecule has 2 aromatic carbocycles. The average molecular weight is 340 g/mol. The minimum Gasteiger partial charge on any atom is -0.461 e. The van der Waals surface area contributed by atoms with Gasteiger partial charge < -0.3 is 4.74 Å². The molecule has 0 aliphatic carbocycles. The van der Waals surface area contributed by atoms with Crippen molar-refractivity contribution >= 4 is 17.7 Å². The van der Waals surface area contributed by atoms with E-state index in [4.69, 9.17) is 4.74 Å². The Morgan fingerprint density at radius 1 is 1.12 bits per heavy atom. The van der Waals surface area contributed by atoms with Gasteiger partial charge in [0.05, 0.1) is 11.3 Å². The van der Waals surface area contributed by atoms with Crippen molar-refractivity contribution in [3.8, 4) is 5.69 Å². The monoisotopic (exact) mass is 340 g/mol. The van der Waals surface area contributed by atoms with Crippen LogP contribution in [0.15, 0.2) is 59.8 Å². The van der Waals surface area contributed by atoms with Gasteiger partial charge in [0, 0.05) is 5.75 Å². The molecule has 0 aliphatic rings. The maximum Gasteiger partial charge on any atom is 0.338 e. The average Bonchev–Trinajstić information content (AvgIpc) is 3.08. The lowest BCUT2D eigenvalue weighted by atomic mass is 10.2. The Labute approximate surface area is 143 Å².